The fourth-order valence-electron chi connectivity index (χ4n) is 2.82. The second-order valence-electron chi connectivity index (χ2n) is 5.54. The van der Waals surface area contributed by atoms with Gasteiger partial charge in [-0.2, -0.15) is 0 Å². The summed E-state index contributed by atoms with van der Waals surface area (Å²) in [5, 5.41) is 2.65. The molecule has 0 bridgehead atoms. The van der Waals surface area contributed by atoms with Crippen LogP contribution in [0.5, 0.6) is 0 Å². The van der Waals surface area contributed by atoms with Crippen molar-refractivity contribution >= 4 is 45.1 Å². The molecule has 2 heterocycles. The molecule has 0 fully saturated rings. The highest BCUT2D eigenvalue weighted by molar-refractivity contribution is 7.85. The number of rotatable bonds is 2. The van der Waals surface area contributed by atoms with E-state index in [1.165, 1.54) is 0 Å². The smallest absolute Gasteiger partial charge is 0.0794 e. The lowest BCUT2D eigenvalue weighted by atomic mass is 10.0. The average Bonchev–Trinajstić information content (AvgIpc) is 3.09. The van der Waals surface area contributed by atoms with Gasteiger partial charge in [0, 0.05) is 22.0 Å². The molecule has 0 saturated carbocycles. The SMILES string of the molecule is O=[S@]1c2ccccc2N=C(c2ccc(Cl)cc2)C[C@H]1c1cccs1. The van der Waals surface area contributed by atoms with Gasteiger partial charge < -0.3 is 0 Å². The number of thiophene rings is 1. The van der Waals surface area contributed by atoms with E-state index in [-0.39, 0.29) is 5.25 Å². The van der Waals surface area contributed by atoms with Gasteiger partial charge in [-0.15, -0.1) is 11.3 Å². The standard InChI is InChI=1S/C19H14ClNOS2/c20-14-9-7-13(8-10-14)16-12-19(17-5-3-11-23-17)24(22)18-6-2-1-4-15(18)21-16/h1-11,19H,12H2/t19-,24-/m0/s1. The Labute approximate surface area is 152 Å². The number of fused-ring (bicyclic) bond motifs is 1. The molecule has 3 aromatic rings. The van der Waals surface area contributed by atoms with Crippen molar-refractivity contribution in [2.75, 3.05) is 0 Å². The Kier molecular flexibility index (Phi) is 4.35. The van der Waals surface area contributed by atoms with Gasteiger partial charge in [-0.05, 0) is 41.3 Å². The molecule has 5 heteroatoms. The summed E-state index contributed by atoms with van der Waals surface area (Å²) in [7, 11) is -1.13. The molecular formula is C19H14ClNOS2. The maximum atomic E-state index is 13.2. The summed E-state index contributed by atoms with van der Waals surface area (Å²) in [5.41, 5.74) is 2.76. The number of halogens is 1. The average molecular weight is 372 g/mol. The van der Waals surface area contributed by atoms with E-state index in [1.807, 2.05) is 60.0 Å². The molecule has 1 aromatic heterocycles. The van der Waals surface area contributed by atoms with Crippen molar-refractivity contribution in [3.8, 4) is 0 Å². The largest absolute Gasteiger partial charge is 0.254 e. The summed E-state index contributed by atoms with van der Waals surface area (Å²) in [5.74, 6) is 0. The van der Waals surface area contributed by atoms with E-state index in [0.717, 1.165) is 26.7 Å². The normalized spacial score (nSPS) is 20.1. The Morgan fingerprint density at radius 1 is 1.04 bits per heavy atom. The van der Waals surface area contributed by atoms with Gasteiger partial charge in [0.05, 0.1) is 26.6 Å². The van der Waals surface area contributed by atoms with Gasteiger partial charge in [0.15, 0.2) is 0 Å². The molecule has 0 radical (unpaired) electrons. The maximum Gasteiger partial charge on any atom is 0.0794 e. The van der Waals surface area contributed by atoms with Gasteiger partial charge in [0.2, 0.25) is 0 Å². The number of hydrogen-bond donors (Lipinski definition) is 0. The van der Waals surface area contributed by atoms with Crippen LogP contribution in [0.3, 0.4) is 0 Å². The molecule has 0 aliphatic carbocycles. The first-order chi connectivity index (χ1) is 11.7. The number of nitrogens with zero attached hydrogens (tertiary/aromatic N) is 1. The van der Waals surface area contributed by atoms with Gasteiger partial charge in [-0.1, -0.05) is 41.9 Å². The summed E-state index contributed by atoms with van der Waals surface area (Å²) < 4.78 is 13.2. The number of para-hydroxylation sites is 1. The second-order valence-corrected chi connectivity index (χ2v) is 8.56. The molecule has 0 unspecified atom stereocenters. The van der Waals surface area contributed by atoms with Crippen molar-refractivity contribution in [2.24, 2.45) is 4.99 Å². The van der Waals surface area contributed by atoms with Crippen molar-refractivity contribution in [1.82, 2.24) is 0 Å². The third-order valence-corrected chi connectivity index (χ3v) is 7.12. The highest BCUT2D eigenvalue weighted by Gasteiger charge is 2.28. The first-order valence-electron chi connectivity index (χ1n) is 7.59. The van der Waals surface area contributed by atoms with Crippen molar-refractivity contribution in [1.29, 1.82) is 0 Å². The summed E-state index contributed by atoms with van der Waals surface area (Å²) >= 11 is 7.66. The third-order valence-electron chi connectivity index (χ3n) is 4.01. The Bertz CT molecular complexity index is 917. The van der Waals surface area contributed by atoms with Crippen LogP contribution in [0.2, 0.25) is 5.02 Å². The maximum absolute atomic E-state index is 13.2. The third kappa shape index (κ3) is 2.97. The van der Waals surface area contributed by atoms with Gasteiger partial charge >= 0.3 is 0 Å². The molecule has 1 aliphatic heterocycles. The van der Waals surface area contributed by atoms with E-state index < -0.39 is 10.8 Å². The van der Waals surface area contributed by atoms with Gasteiger partial charge in [0.1, 0.15) is 0 Å². The molecule has 0 N–H and O–H groups in total. The minimum absolute atomic E-state index is 0.0805. The van der Waals surface area contributed by atoms with Gasteiger partial charge in [0.25, 0.3) is 0 Å². The molecule has 2 atom stereocenters. The van der Waals surface area contributed by atoms with Gasteiger partial charge in [-0.25, -0.2) is 0 Å². The van der Waals surface area contributed by atoms with E-state index in [1.54, 1.807) is 11.3 Å². The lowest BCUT2D eigenvalue weighted by Crippen LogP contribution is -2.10. The van der Waals surface area contributed by atoms with Crippen LogP contribution in [0, 0.1) is 0 Å². The number of aliphatic imine (C=N–C) groups is 1. The van der Waals surface area contributed by atoms with Crippen LogP contribution in [0.15, 0.2) is 75.9 Å². The van der Waals surface area contributed by atoms with Crippen molar-refractivity contribution in [3.63, 3.8) is 0 Å². The topological polar surface area (TPSA) is 29.4 Å². The predicted octanol–water partition coefficient (Wildman–Crippen LogP) is 5.77. The van der Waals surface area contributed by atoms with E-state index in [2.05, 4.69) is 6.07 Å². The van der Waals surface area contributed by atoms with E-state index in [9.17, 15) is 4.21 Å². The first kappa shape index (κ1) is 15.8. The molecule has 2 aromatic carbocycles. The number of benzene rings is 2. The van der Waals surface area contributed by atoms with Gasteiger partial charge in [-0.3, -0.25) is 9.20 Å². The van der Waals surface area contributed by atoms with Crippen molar-refractivity contribution in [2.45, 2.75) is 16.6 Å². The molecule has 1 aliphatic rings. The molecule has 24 heavy (non-hydrogen) atoms. The Morgan fingerprint density at radius 3 is 2.58 bits per heavy atom. The van der Waals surface area contributed by atoms with E-state index in [0.29, 0.717) is 11.4 Å². The van der Waals surface area contributed by atoms with Crippen molar-refractivity contribution < 1.29 is 4.21 Å². The van der Waals surface area contributed by atoms with Crippen molar-refractivity contribution in [3.05, 3.63) is 81.5 Å². The minimum Gasteiger partial charge on any atom is -0.254 e. The van der Waals surface area contributed by atoms with Crippen LogP contribution < -0.4 is 0 Å². The molecule has 0 saturated heterocycles. The Hall–Kier alpha value is -1.75. The predicted molar refractivity (Wildman–Crippen MR) is 102 cm³/mol. The molecule has 4 rings (SSSR count). The van der Waals surface area contributed by atoms with Crippen LogP contribution in [-0.2, 0) is 10.8 Å². The zero-order chi connectivity index (χ0) is 16.5. The Balaban J connectivity index is 1.86. The van der Waals surface area contributed by atoms with Crippen LogP contribution >= 0.6 is 22.9 Å². The molecule has 0 amide bonds. The Morgan fingerprint density at radius 2 is 1.83 bits per heavy atom. The second kappa shape index (κ2) is 6.63. The van der Waals surface area contributed by atoms with Crippen LogP contribution in [0.25, 0.3) is 0 Å². The van der Waals surface area contributed by atoms with E-state index >= 15 is 0 Å². The zero-order valence-corrected chi connectivity index (χ0v) is 15.1. The highest BCUT2D eigenvalue weighted by Crippen LogP contribution is 2.39. The summed E-state index contributed by atoms with van der Waals surface area (Å²) in [4.78, 5) is 6.77. The quantitative estimate of drug-likeness (QED) is 0.561. The summed E-state index contributed by atoms with van der Waals surface area (Å²) in [6, 6.07) is 19.5. The molecule has 120 valence electrons. The van der Waals surface area contributed by atoms with Crippen LogP contribution in [0.4, 0.5) is 5.69 Å². The highest BCUT2D eigenvalue weighted by atomic mass is 35.5. The molecule has 2 nitrogen and oxygen atoms in total. The fraction of sp³-hybridized carbons (Fsp3) is 0.105. The van der Waals surface area contributed by atoms with Crippen LogP contribution in [0.1, 0.15) is 22.1 Å². The minimum atomic E-state index is -1.13. The molecular weight excluding hydrogens is 358 g/mol. The fourth-order valence-corrected chi connectivity index (χ4v) is 5.52. The number of hydrogen-bond acceptors (Lipinski definition) is 3. The van der Waals surface area contributed by atoms with Crippen LogP contribution in [-0.4, -0.2) is 9.92 Å². The zero-order valence-electron chi connectivity index (χ0n) is 12.7. The summed E-state index contributed by atoms with van der Waals surface area (Å²) in [6.07, 6.45) is 0.642. The lowest BCUT2D eigenvalue weighted by molar-refractivity contribution is 0.675. The monoisotopic (exact) mass is 371 g/mol. The van der Waals surface area contributed by atoms with E-state index in [4.69, 9.17) is 16.6 Å². The first-order valence-corrected chi connectivity index (χ1v) is 10.1. The lowest BCUT2D eigenvalue weighted by Gasteiger charge is -2.14. The molecule has 0 spiro atoms. The summed E-state index contributed by atoms with van der Waals surface area (Å²) in [6.45, 7) is 0.